The van der Waals surface area contributed by atoms with Crippen molar-refractivity contribution in [2.75, 3.05) is 5.43 Å². The molecule has 6 heteroatoms. The molecule has 2 aromatic rings. The number of anilines is 1. The van der Waals surface area contributed by atoms with Crippen LogP contribution in [0.2, 0.25) is 0 Å². The van der Waals surface area contributed by atoms with Gasteiger partial charge in [0.1, 0.15) is 10.4 Å². The second-order valence-electron chi connectivity index (χ2n) is 4.35. The molecule has 0 radical (unpaired) electrons. The molecule has 2 rings (SSSR count). The lowest BCUT2D eigenvalue weighted by atomic mass is 10.1. The molecule has 17 heavy (non-hydrogen) atoms. The zero-order chi connectivity index (χ0) is 12.5. The second kappa shape index (κ2) is 4.46. The molecule has 0 spiro atoms. The Bertz CT molecular complexity index is 523. The van der Waals surface area contributed by atoms with Crippen LogP contribution in [0.1, 0.15) is 27.2 Å². The van der Waals surface area contributed by atoms with E-state index in [2.05, 4.69) is 22.3 Å². The van der Waals surface area contributed by atoms with Crippen molar-refractivity contribution in [2.24, 2.45) is 5.84 Å². The summed E-state index contributed by atoms with van der Waals surface area (Å²) in [4.78, 5) is 9.39. The van der Waals surface area contributed by atoms with Gasteiger partial charge in [-0.2, -0.15) is 4.98 Å². The van der Waals surface area contributed by atoms with E-state index in [4.69, 9.17) is 10.6 Å². The van der Waals surface area contributed by atoms with Gasteiger partial charge in [-0.15, -0.1) is 11.3 Å². The standard InChI is InChI=1S/C11H16N4OS/c1-4-11(2,3)16-8-7-5-6-17-9(7)14-10(13-8)15-12/h5-6H,4,12H2,1-3H3,(H,13,14,15). The molecule has 92 valence electrons. The molecule has 2 aromatic heterocycles. The molecule has 3 N–H and O–H groups in total. The summed E-state index contributed by atoms with van der Waals surface area (Å²) in [5.41, 5.74) is 2.20. The highest BCUT2D eigenvalue weighted by molar-refractivity contribution is 7.16. The van der Waals surface area contributed by atoms with Gasteiger partial charge in [0.2, 0.25) is 11.8 Å². The number of nitrogen functional groups attached to an aromatic ring is 1. The highest BCUT2D eigenvalue weighted by atomic mass is 32.1. The van der Waals surface area contributed by atoms with Crippen molar-refractivity contribution in [3.8, 4) is 5.88 Å². The molecule has 0 bridgehead atoms. The Hall–Kier alpha value is -1.40. The number of nitrogens with one attached hydrogen (secondary N) is 1. The monoisotopic (exact) mass is 252 g/mol. The smallest absolute Gasteiger partial charge is 0.241 e. The lowest BCUT2D eigenvalue weighted by Crippen LogP contribution is -2.27. The average Bonchev–Trinajstić information content (AvgIpc) is 2.76. The first-order valence-electron chi connectivity index (χ1n) is 5.46. The van der Waals surface area contributed by atoms with Gasteiger partial charge in [-0.25, -0.2) is 10.8 Å². The van der Waals surface area contributed by atoms with Crippen molar-refractivity contribution >= 4 is 27.5 Å². The van der Waals surface area contributed by atoms with Gasteiger partial charge in [0.25, 0.3) is 0 Å². The predicted molar refractivity (Wildman–Crippen MR) is 70.2 cm³/mol. The van der Waals surface area contributed by atoms with E-state index in [1.54, 1.807) is 0 Å². The first kappa shape index (κ1) is 12.1. The average molecular weight is 252 g/mol. The SMILES string of the molecule is CCC(C)(C)Oc1nc(NN)nc2sccc12. The van der Waals surface area contributed by atoms with E-state index in [1.165, 1.54) is 11.3 Å². The third-order valence-electron chi connectivity index (χ3n) is 2.64. The number of fused-ring (bicyclic) bond motifs is 1. The van der Waals surface area contributed by atoms with E-state index < -0.39 is 0 Å². The van der Waals surface area contributed by atoms with Crippen LogP contribution >= 0.6 is 11.3 Å². The van der Waals surface area contributed by atoms with Gasteiger partial charge < -0.3 is 4.74 Å². The fraction of sp³-hybridized carbons (Fsp3) is 0.455. The van der Waals surface area contributed by atoms with Crippen LogP contribution < -0.4 is 16.0 Å². The number of thiophene rings is 1. The summed E-state index contributed by atoms with van der Waals surface area (Å²) in [6.45, 7) is 6.14. The Balaban J connectivity index is 2.47. The quantitative estimate of drug-likeness (QED) is 0.646. The Morgan fingerprint density at radius 3 is 2.88 bits per heavy atom. The highest BCUT2D eigenvalue weighted by Crippen LogP contribution is 2.30. The van der Waals surface area contributed by atoms with Crippen LogP contribution in [-0.4, -0.2) is 15.6 Å². The molecule has 0 aliphatic rings. The zero-order valence-electron chi connectivity index (χ0n) is 10.2. The number of hydrogen-bond acceptors (Lipinski definition) is 6. The molecule has 0 aliphatic heterocycles. The van der Waals surface area contributed by atoms with Crippen LogP contribution in [0.4, 0.5) is 5.95 Å². The number of rotatable bonds is 4. The molecule has 0 saturated heterocycles. The van der Waals surface area contributed by atoms with Crippen LogP contribution in [0.3, 0.4) is 0 Å². The summed E-state index contributed by atoms with van der Waals surface area (Å²) in [7, 11) is 0. The molecular formula is C11H16N4OS. The van der Waals surface area contributed by atoms with Crippen molar-refractivity contribution in [1.29, 1.82) is 0 Å². The van der Waals surface area contributed by atoms with Crippen LogP contribution in [0, 0.1) is 0 Å². The summed E-state index contributed by atoms with van der Waals surface area (Å²) >= 11 is 1.54. The maximum Gasteiger partial charge on any atom is 0.241 e. The van der Waals surface area contributed by atoms with E-state index >= 15 is 0 Å². The first-order valence-corrected chi connectivity index (χ1v) is 6.34. The van der Waals surface area contributed by atoms with Crippen molar-refractivity contribution in [3.05, 3.63) is 11.4 Å². The highest BCUT2D eigenvalue weighted by Gasteiger charge is 2.20. The van der Waals surface area contributed by atoms with Gasteiger partial charge in [-0.1, -0.05) is 6.92 Å². The van der Waals surface area contributed by atoms with E-state index in [0.717, 1.165) is 16.6 Å². The van der Waals surface area contributed by atoms with Crippen molar-refractivity contribution in [3.63, 3.8) is 0 Å². The van der Waals surface area contributed by atoms with Crippen LogP contribution in [-0.2, 0) is 0 Å². The molecule has 0 atom stereocenters. The molecule has 0 saturated carbocycles. The lowest BCUT2D eigenvalue weighted by molar-refractivity contribution is 0.101. The number of aromatic nitrogens is 2. The minimum atomic E-state index is -0.255. The Labute approximate surface area is 104 Å². The van der Waals surface area contributed by atoms with Crippen molar-refractivity contribution in [2.45, 2.75) is 32.8 Å². The van der Waals surface area contributed by atoms with Gasteiger partial charge in [-0.05, 0) is 31.7 Å². The van der Waals surface area contributed by atoms with Crippen LogP contribution in [0.5, 0.6) is 5.88 Å². The number of nitrogens with zero attached hydrogens (tertiary/aromatic N) is 2. The zero-order valence-corrected chi connectivity index (χ0v) is 11.0. The lowest BCUT2D eigenvalue weighted by Gasteiger charge is -2.24. The maximum absolute atomic E-state index is 5.93. The predicted octanol–water partition coefficient (Wildman–Crippen LogP) is 2.54. The van der Waals surface area contributed by atoms with Gasteiger partial charge in [-0.3, -0.25) is 5.43 Å². The van der Waals surface area contributed by atoms with Gasteiger partial charge in [0.05, 0.1) is 5.39 Å². The van der Waals surface area contributed by atoms with Gasteiger partial charge >= 0.3 is 0 Å². The first-order chi connectivity index (χ1) is 8.05. The molecule has 0 amide bonds. The molecule has 0 aromatic carbocycles. The molecule has 5 nitrogen and oxygen atoms in total. The second-order valence-corrected chi connectivity index (χ2v) is 5.25. The van der Waals surface area contributed by atoms with E-state index in [-0.39, 0.29) is 5.60 Å². The maximum atomic E-state index is 5.93. The van der Waals surface area contributed by atoms with E-state index in [1.807, 2.05) is 25.3 Å². The third-order valence-corrected chi connectivity index (χ3v) is 3.45. The Morgan fingerprint density at radius 1 is 1.47 bits per heavy atom. The number of ether oxygens (including phenoxy) is 1. The summed E-state index contributed by atoms with van der Waals surface area (Å²) in [6.07, 6.45) is 0.897. The molecule has 0 unspecified atom stereocenters. The summed E-state index contributed by atoms with van der Waals surface area (Å²) in [5, 5.41) is 2.89. The minimum Gasteiger partial charge on any atom is -0.471 e. The van der Waals surface area contributed by atoms with Crippen molar-refractivity contribution in [1.82, 2.24) is 9.97 Å². The molecule has 2 heterocycles. The van der Waals surface area contributed by atoms with Gasteiger partial charge in [0, 0.05) is 0 Å². The van der Waals surface area contributed by atoms with E-state index in [9.17, 15) is 0 Å². The van der Waals surface area contributed by atoms with E-state index in [0.29, 0.717) is 11.8 Å². The summed E-state index contributed by atoms with van der Waals surface area (Å²) < 4.78 is 5.93. The normalized spacial score (nSPS) is 11.8. The Kier molecular flexibility index (Phi) is 3.17. The fourth-order valence-corrected chi connectivity index (χ4v) is 2.06. The Morgan fingerprint density at radius 2 is 2.24 bits per heavy atom. The topological polar surface area (TPSA) is 73.1 Å². The number of hydrazine groups is 1. The third kappa shape index (κ3) is 2.48. The molecule has 0 aliphatic carbocycles. The molecule has 0 fully saturated rings. The number of hydrogen-bond donors (Lipinski definition) is 2. The minimum absolute atomic E-state index is 0.255. The molecular weight excluding hydrogens is 236 g/mol. The van der Waals surface area contributed by atoms with Crippen LogP contribution in [0.25, 0.3) is 10.2 Å². The van der Waals surface area contributed by atoms with Crippen molar-refractivity contribution < 1.29 is 4.74 Å². The fourth-order valence-electron chi connectivity index (χ4n) is 1.30. The van der Waals surface area contributed by atoms with Gasteiger partial charge in [0.15, 0.2) is 0 Å². The number of nitrogens with two attached hydrogens (primary N) is 1. The summed E-state index contributed by atoms with van der Waals surface area (Å²) in [6, 6.07) is 1.96. The largest absolute Gasteiger partial charge is 0.471 e. The van der Waals surface area contributed by atoms with Crippen LogP contribution in [0.15, 0.2) is 11.4 Å². The summed E-state index contributed by atoms with van der Waals surface area (Å²) in [5.74, 6) is 6.31.